The summed E-state index contributed by atoms with van der Waals surface area (Å²) in [6.07, 6.45) is 3.37. The first-order valence-corrected chi connectivity index (χ1v) is 7.95. The molecule has 6 heteroatoms. The summed E-state index contributed by atoms with van der Waals surface area (Å²) in [6.45, 7) is 0. The predicted molar refractivity (Wildman–Crippen MR) is 96.6 cm³/mol. The molecule has 0 aliphatic rings. The van der Waals surface area contributed by atoms with E-state index in [1.54, 1.807) is 54.9 Å². The second kappa shape index (κ2) is 6.37. The standard InChI is InChI=1S/C19H12ClN3O2/c20-15-6-2-1-5-14(15)18(24)22-13-7-8-17-16(10-13)23-19(25-17)12-4-3-9-21-11-12/h1-11H,(H,22,24). The Morgan fingerprint density at radius 1 is 1.08 bits per heavy atom. The minimum Gasteiger partial charge on any atom is -0.436 e. The highest BCUT2D eigenvalue weighted by Gasteiger charge is 2.12. The van der Waals surface area contributed by atoms with Gasteiger partial charge in [0, 0.05) is 18.1 Å². The van der Waals surface area contributed by atoms with Crippen molar-refractivity contribution in [1.29, 1.82) is 0 Å². The van der Waals surface area contributed by atoms with Crippen LogP contribution in [0.5, 0.6) is 0 Å². The van der Waals surface area contributed by atoms with E-state index in [2.05, 4.69) is 15.3 Å². The molecule has 0 aliphatic carbocycles. The molecule has 0 aliphatic heterocycles. The summed E-state index contributed by atoms with van der Waals surface area (Å²) in [7, 11) is 0. The number of carbonyl (C=O) groups is 1. The van der Waals surface area contributed by atoms with Crippen LogP contribution in [0.3, 0.4) is 0 Å². The number of pyridine rings is 1. The van der Waals surface area contributed by atoms with E-state index < -0.39 is 0 Å². The highest BCUT2D eigenvalue weighted by Crippen LogP contribution is 2.26. The molecule has 2 aromatic carbocycles. The van der Waals surface area contributed by atoms with Crippen LogP contribution in [-0.2, 0) is 0 Å². The van der Waals surface area contributed by atoms with E-state index in [1.165, 1.54) is 0 Å². The Balaban J connectivity index is 1.63. The molecule has 2 aromatic heterocycles. The van der Waals surface area contributed by atoms with E-state index >= 15 is 0 Å². The SMILES string of the molecule is O=C(Nc1ccc2oc(-c3cccnc3)nc2c1)c1ccccc1Cl. The number of anilines is 1. The number of hydrogen-bond donors (Lipinski definition) is 1. The van der Waals surface area contributed by atoms with Crippen molar-refractivity contribution >= 4 is 34.3 Å². The number of rotatable bonds is 3. The first-order valence-electron chi connectivity index (χ1n) is 7.57. The summed E-state index contributed by atoms with van der Waals surface area (Å²) in [5.41, 5.74) is 3.11. The molecule has 5 nitrogen and oxygen atoms in total. The zero-order chi connectivity index (χ0) is 17.2. The maximum atomic E-state index is 12.4. The van der Waals surface area contributed by atoms with E-state index in [0.29, 0.717) is 33.3 Å². The number of nitrogens with zero attached hydrogens (tertiary/aromatic N) is 2. The number of amides is 1. The summed E-state index contributed by atoms with van der Waals surface area (Å²) in [5, 5.41) is 3.23. The number of hydrogen-bond acceptors (Lipinski definition) is 4. The van der Waals surface area contributed by atoms with E-state index in [4.69, 9.17) is 16.0 Å². The molecule has 0 radical (unpaired) electrons. The molecule has 0 atom stereocenters. The maximum Gasteiger partial charge on any atom is 0.257 e. The van der Waals surface area contributed by atoms with E-state index in [9.17, 15) is 4.79 Å². The van der Waals surface area contributed by atoms with Gasteiger partial charge in [0.05, 0.1) is 16.1 Å². The van der Waals surface area contributed by atoms with Gasteiger partial charge in [0.2, 0.25) is 5.89 Å². The molecule has 4 rings (SSSR count). The van der Waals surface area contributed by atoms with Crippen LogP contribution >= 0.6 is 11.6 Å². The average molecular weight is 350 g/mol. The Labute approximate surface area is 148 Å². The average Bonchev–Trinajstić information content (AvgIpc) is 3.06. The van der Waals surface area contributed by atoms with Crippen molar-refractivity contribution in [3.05, 3.63) is 77.6 Å². The van der Waals surface area contributed by atoms with E-state index in [1.807, 2.05) is 12.1 Å². The van der Waals surface area contributed by atoms with Gasteiger partial charge in [0.25, 0.3) is 5.91 Å². The molecule has 1 N–H and O–H groups in total. The van der Waals surface area contributed by atoms with Crippen LogP contribution in [0.25, 0.3) is 22.6 Å². The Kier molecular flexibility index (Phi) is 3.91. The minimum atomic E-state index is -0.277. The summed E-state index contributed by atoms with van der Waals surface area (Å²) in [5.74, 6) is 0.207. The number of fused-ring (bicyclic) bond motifs is 1. The summed E-state index contributed by atoms with van der Waals surface area (Å²) < 4.78 is 5.73. The van der Waals surface area contributed by atoms with Crippen LogP contribution in [0, 0.1) is 0 Å². The fourth-order valence-corrected chi connectivity index (χ4v) is 2.68. The maximum absolute atomic E-state index is 12.4. The number of halogens is 1. The number of carbonyl (C=O) groups excluding carboxylic acids is 1. The molecule has 25 heavy (non-hydrogen) atoms. The number of aromatic nitrogens is 2. The summed E-state index contributed by atoms with van der Waals surface area (Å²) in [6, 6.07) is 15.9. The third-order valence-electron chi connectivity index (χ3n) is 3.67. The van der Waals surface area contributed by atoms with Crippen molar-refractivity contribution in [3.63, 3.8) is 0 Å². The van der Waals surface area contributed by atoms with Crippen molar-refractivity contribution in [1.82, 2.24) is 9.97 Å². The van der Waals surface area contributed by atoms with Crippen molar-refractivity contribution in [2.75, 3.05) is 5.32 Å². The van der Waals surface area contributed by atoms with Gasteiger partial charge in [-0.05, 0) is 42.5 Å². The monoisotopic (exact) mass is 349 g/mol. The fraction of sp³-hybridized carbons (Fsp3) is 0. The Hall–Kier alpha value is -3.18. The van der Waals surface area contributed by atoms with Crippen molar-refractivity contribution in [2.45, 2.75) is 0 Å². The highest BCUT2D eigenvalue weighted by atomic mass is 35.5. The highest BCUT2D eigenvalue weighted by molar-refractivity contribution is 6.34. The van der Waals surface area contributed by atoms with Gasteiger partial charge >= 0.3 is 0 Å². The quantitative estimate of drug-likeness (QED) is 0.577. The molecular weight excluding hydrogens is 338 g/mol. The van der Waals surface area contributed by atoms with Crippen LogP contribution in [0.2, 0.25) is 5.02 Å². The first-order chi connectivity index (χ1) is 12.2. The van der Waals surface area contributed by atoms with Gasteiger partial charge in [-0.25, -0.2) is 4.98 Å². The van der Waals surface area contributed by atoms with Gasteiger partial charge in [-0.3, -0.25) is 9.78 Å². The van der Waals surface area contributed by atoms with Crippen LogP contribution < -0.4 is 5.32 Å². The Morgan fingerprint density at radius 2 is 1.96 bits per heavy atom. The lowest BCUT2D eigenvalue weighted by Crippen LogP contribution is -2.12. The number of oxazole rings is 1. The van der Waals surface area contributed by atoms with Crippen LogP contribution in [0.4, 0.5) is 5.69 Å². The van der Waals surface area contributed by atoms with Crippen molar-refractivity contribution in [2.24, 2.45) is 0 Å². The molecule has 0 bridgehead atoms. The largest absolute Gasteiger partial charge is 0.436 e. The molecule has 0 saturated carbocycles. The zero-order valence-corrected chi connectivity index (χ0v) is 13.7. The molecule has 122 valence electrons. The second-order valence-corrected chi connectivity index (χ2v) is 5.78. The normalized spacial score (nSPS) is 10.8. The predicted octanol–water partition coefficient (Wildman–Crippen LogP) is 4.80. The lowest BCUT2D eigenvalue weighted by Gasteiger charge is -2.06. The molecule has 1 amide bonds. The van der Waals surface area contributed by atoms with Crippen LogP contribution in [-0.4, -0.2) is 15.9 Å². The summed E-state index contributed by atoms with van der Waals surface area (Å²) >= 11 is 6.06. The molecular formula is C19H12ClN3O2. The Bertz CT molecular complexity index is 1060. The minimum absolute atomic E-state index is 0.277. The number of benzene rings is 2. The smallest absolute Gasteiger partial charge is 0.257 e. The fourth-order valence-electron chi connectivity index (χ4n) is 2.46. The van der Waals surface area contributed by atoms with Crippen LogP contribution in [0.15, 0.2) is 71.4 Å². The molecule has 0 unspecified atom stereocenters. The lowest BCUT2D eigenvalue weighted by atomic mass is 10.2. The third-order valence-corrected chi connectivity index (χ3v) is 4.00. The van der Waals surface area contributed by atoms with Gasteiger partial charge in [0.1, 0.15) is 5.52 Å². The van der Waals surface area contributed by atoms with Crippen molar-refractivity contribution < 1.29 is 9.21 Å². The topological polar surface area (TPSA) is 68.0 Å². The van der Waals surface area contributed by atoms with Gasteiger partial charge < -0.3 is 9.73 Å². The van der Waals surface area contributed by atoms with Crippen LogP contribution in [0.1, 0.15) is 10.4 Å². The van der Waals surface area contributed by atoms with E-state index in [0.717, 1.165) is 5.56 Å². The van der Waals surface area contributed by atoms with Gasteiger partial charge in [0.15, 0.2) is 5.58 Å². The molecule has 0 spiro atoms. The van der Waals surface area contributed by atoms with Gasteiger partial charge in [-0.15, -0.1) is 0 Å². The summed E-state index contributed by atoms with van der Waals surface area (Å²) in [4.78, 5) is 20.9. The van der Waals surface area contributed by atoms with Gasteiger partial charge in [-0.2, -0.15) is 0 Å². The number of nitrogens with one attached hydrogen (secondary N) is 1. The van der Waals surface area contributed by atoms with Gasteiger partial charge in [-0.1, -0.05) is 23.7 Å². The second-order valence-electron chi connectivity index (χ2n) is 5.38. The molecule has 2 heterocycles. The van der Waals surface area contributed by atoms with Crippen molar-refractivity contribution in [3.8, 4) is 11.5 Å². The molecule has 0 saturated heterocycles. The third kappa shape index (κ3) is 3.09. The zero-order valence-electron chi connectivity index (χ0n) is 12.9. The first kappa shape index (κ1) is 15.4. The Morgan fingerprint density at radius 3 is 2.76 bits per heavy atom. The van der Waals surface area contributed by atoms with E-state index in [-0.39, 0.29) is 5.91 Å². The molecule has 4 aromatic rings. The molecule has 0 fully saturated rings. The lowest BCUT2D eigenvalue weighted by molar-refractivity contribution is 0.102.